The highest BCUT2D eigenvalue weighted by molar-refractivity contribution is 9.10. The largest absolute Gasteiger partial charge is 0.492 e. The molecule has 0 spiro atoms. The first-order valence-electron chi connectivity index (χ1n) is 5.97. The molecule has 0 radical (unpaired) electrons. The normalized spacial score (nSPS) is 16.3. The minimum Gasteiger partial charge on any atom is -0.492 e. The van der Waals surface area contributed by atoms with E-state index in [1.165, 1.54) is 12.1 Å². The Morgan fingerprint density at radius 2 is 2.16 bits per heavy atom. The Kier molecular flexibility index (Phi) is 5.12. The summed E-state index contributed by atoms with van der Waals surface area (Å²) in [7, 11) is 0. The number of benzene rings is 1. The standard InChI is InChI=1S/C12H14BrNO5/c13-10-3-2-9(14(15)16)8-11(10)17-7-4-12-18-5-1-6-19-12/h2-3,8,12H,1,4-7H2. The Balaban J connectivity index is 1.87. The number of nitrogens with zero attached hydrogens (tertiary/aromatic N) is 1. The van der Waals surface area contributed by atoms with Gasteiger partial charge in [-0.25, -0.2) is 0 Å². The Hall–Kier alpha value is -1.18. The highest BCUT2D eigenvalue weighted by Crippen LogP contribution is 2.29. The molecule has 1 aliphatic rings. The summed E-state index contributed by atoms with van der Waals surface area (Å²) >= 11 is 3.30. The molecule has 7 heteroatoms. The van der Waals surface area contributed by atoms with Crippen molar-refractivity contribution < 1.29 is 19.1 Å². The number of ether oxygens (including phenoxy) is 3. The van der Waals surface area contributed by atoms with E-state index in [4.69, 9.17) is 14.2 Å². The second-order valence-corrected chi connectivity index (χ2v) is 4.89. The predicted molar refractivity (Wildman–Crippen MR) is 71.2 cm³/mol. The second kappa shape index (κ2) is 6.83. The lowest BCUT2D eigenvalue weighted by Crippen LogP contribution is -2.26. The monoisotopic (exact) mass is 331 g/mol. The topological polar surface area (TPSA) is 70.8 Å². The molecule has 0 atom stereocenters. The number of halogens is 1. The van der Waals surface area contributed by atoms with Crippen LogP contribution in [0.5, 0.6) is 5.75 Å². The summed E-state index contributed by atoms with van der Waals surface area (Å²) in [4.78, 5) is 10.2. The van der Waals surface area contributed by atoms with Crippen LogP contribution >= 0.6 is 15.9 Å². The molecule has 6 nitrogen and oxygen atoms in total. The summed E-state index contributed by atoms with van der Waals surface area (Å²) in [6, 6.07) is 4.41. The van der Waals surface area contributed by atoms with Crippen molar-refractivity contribution in [2.45, 2.75) is 19.1 Å². The van der Waals surface area contributed by atoms with Gasteiger partial charge in [0, 0.05) is 12.5 Å². The molecule has 0 aliphatic carbocycles. The summed E-state index contributed by atoms with van der Waals surface area (Å²) in [5, 5.41) is 10.7. The maximum Gasteiger partial charge on any atom is 0.273 e. The number of nitro benzene ring substituents is 1. The smallest absolute Gasteiger partial charge is 0.273 e. The lowest BCUT2D eigenvalue weighted by Gasteiger charge is -2.23. The molecule has 1 heterocycles. The van der Waals surface area contributed by atoms with Crippen LogP contribution in [0.1, 0.15) is 12.8 Å². The molecule has 2 rings (SSSR count). The van der Waals surface area contributed by atoms with Crippen molar-refractivity contribution in [2.75, 3.05) is 19.8 Å². The van der Waals surface area contributed by atoms with Crippen LogP contribution in [0.2, 0.25) is 0 Å². The van der Waals surface area contributed by atoms with Crippen LogP contribution in [0, 0.1) is 10.1 Å². The first-order valence-corrected chi connectivity index (χ1v) is 6.76. The van der Waals surface area contributed by atoms with Gasteiger partial charge in [-0.1, -0.05) is 0 Å². The van der Waals surface area contributed by atoms with Gasteiger partial charge in [0.1, 0.15) is 5.75 Å². The highest BCUT2D eigenvalue weighted by atomic mass is 79.9. The van der Waals surface area contributed by atoms with E-state index in [0.717, 1.165) is 6.42 Å². The first-order chi connectivity index (χ1) is 9.16. The number of nitro groups is 1. The molecule has 0 aromatic heterocycles. The molecule has 0 bridgehead atoms. The molecule has 104 valence electrons. The molecule has 0 unspecified atom stereocenters. The average Bonchev–Trinajstić information content (AvgIpc) is 2.42. The van der Waals surface area contributed by atoms with Crippen LogP contribution in [-0.4, -0.2) is 31.0 Å². The van der Waals surface area contributed by atoms with E-state index < -0.39 is 4.92 Å². The third kappa shape index (κ3) is 4.15. The van der Waals surface area contributed by atoms with Gasteiger partial charge in [-0.05, 0) is 28.4 Å². The third-order valence-electron chi connectivity index (χ3n) is 2.63. The maximum atomic E-state index is 10.7. The number of rotatable bonds is 5. The van der Waals surface area contributed by atoms with Gasteiger partial charge in [-0.2, -0.15) is 0 Å². The van der Waals surface area contributed by atoms with Crippen LogP contribution in [0.25, 0.3) is 0 Å². The summed E-state index contributed by atoms with van der Waals surface area (Å²) in [5.74, 6) is 0.449. The molecule has 19 heavy (non-hydrogen) atoms. The van der Waals surface area contributed by atoms with Crippen molar-refractivity contribution in [1.82, 2.24) is 0 Å². The fraction of sp³-hybridized carbons (Fsp3) is 0.500. The van der Waals surface area contributed by atoms with Crippen LogP contribution in [0.4, 0.5) is 5.69 Å². The molecular weight excluding hydrogens is 318 g/mol. The fourth-order valence-corrected chi connectivity index (χ4v) is 2.05. The van der Waals surface area contributed by atoms with Gasteiger partial charge in [0.2, 0.25) is 0 Å². The van der Waals surface area contributed by atoms with Gasteiger partial charge in [0.05, 0.1) is 35.3 Å². The van der Waals surface area contributed by atoms with Gasteiger partial charge in [-0.3, -0.25) is 10.1 Å². The van der Waals surface area contributed by atoms with Crippen molar-refractivity contribution in [1.29, 1.82) is 0 Å². The second-order valence-electron chi connectivity index (χ2n) is 4.03. The van der Waals surface area contributed by atoms with Crippen LogP contribution in [0.3, 0.4) is 0 Å². The van der Waals surface area contributed by atoms with Gasteiger partial charge in [0.15, 0.2) is 6.29 Å². The van der Waals surface area contributed by atoms with Crippen molar-refractivity contribution >= 4 is 21.6 Å². The molecule has 1 fully saturated rings. The predicted octanol–water partition coefficient (Wildman–Crippen LogP) is 2.89. The lowest BCUT2D eigenvalue weighted by atomic mass is 10.3. The molecule has 1 aromatic carbocycles. The Labute approximate surface area is 118 Å². The summed E-state index contributed by atoms with van der Waals surface area (Å²) in [6.45, 7) is 1.78. The molecule has 0 saturated carbocycles. The van der Waals surface area contributed by atoms with Gasteiger partial charge >= 0.3 is 0 Å². The van der Waals surface area contributed by atoms with E-state index in [1.807, 2.05) is 0 Å². The van der Waals surface area contributed by atoms with Crippen molar-refractivity contribution in [3.63, 3.8) is 0 Å². The van der Waals surface area contributed by atoms with Gasteiger partial charge < -0.3 is 14.2 Å². The van der Waals surface area contributed by atoms with Crippen molar-refractivity contribution in [2.24, 2.45) is 0 Å². The summed E-state index contributed by atoms with van der Waals surface area (Å²) < 4.78 is 17.0. The number of hydrogen-bond acceptors (Lipinski definition) is 5. The van der Waals surface area contributed by atoms with E-state index in [1.54, 1.807) is 6.07 Å². The average molecular weight is 332 g/mol. The van der Waals surface area contributed by atoms with Crippen molar-refractivity contribution in [3.8, 4) is 5.75 Å². The van der Waals surface area contributed by atoms with E-state index in [9.17, 15) is 10.1 Å². The quantitative estimate of drug-likeness (QED) is 0.612. The number of non-ortho nitro benzene ring substituents is 1. The summed E-state index contributed by atoms with van der Waals surface area (Å²) in [6.07, 6.45) is 1.26. The molecule has 1 aliphatic heterocycles. The molecule has 1 saturated heterocycles. The zero-order valence-electron chi connectivity index (χ0n) is 10.2. The first kappa shape index (κ1) is 14.2. The minimum absolute atomic E-state index is 0.00312. The molecule has 1 aromatic rings. The molecular formula is C12H14BrNO5. The van der Waals surface area contributed by atoms with Gasteiger partial charge in [-0.15, -0.1) is 0 Å². The van der Waals surface area contributed by atoms with E-state index in [0.29, 0.717) is 36.5 Å². The molecule has 0 amide bonds. The number of hydrogen-bond donors (Lipinski definition) is 0. The van der Waals surface area contributed by atoms with Gasteiger partial charge in [0.25, 0.3) is 5.69 Å². The summed E-state index contributed by atoms with van der Waals surface area (Å²) in [5.41, 5.74) is 0.00312. The van der Waals surface area contributed by atoms with Crippen molar-refractivity contribution in [3.05, 3.63) is 32.8 Å². The van der Waals surface area contributed by atoms with Crippen LogP contribution < -0.4 is 4.74 Å². The van der Waals surface area contributed by atoms with E-state index in [2.05, 4.69) is 15.9 Å². The Morgan fingerprint density at radius 1 is 1.42 bits per heavy atom. The third-order valence-corrected chi connectivity index (χ3v) is 3.29. The lowest BCUT2D eigenvalue weighted by molar-refractivity contribution is -0.385. The minimum atomic E-state index is -0.452. The Morgan fingerprint density at radius 3 is 2.84 bits per heavy atom. The fourth-order valence-electron chi connectivity index (χ4n) is 1.68. The highest BCUT2D eigenvalue weighted by Gasteiger charge is 2.15. The van der Waals surface area contributed by atoms with Crippen LogP contribution in [0.15, 0.2) is 22.7 Å². The Bertz CT molecular complexity index is 448. The molecule has 0 N–H and O–H groups in total. The van der Waals surface area contributed by atoms with Crippen LogP contribution in [-0.2, 0) is 9.47 Å². The van der Waals surface area contributed by atoms with E-state index >= 15 is 0 Å². The maximum absolute atomic E-state index is 10.7. The van der Waals surface area contributed by atoms with E-state index in [-0.39, 0.29) is 12.0 Å². The SMILES string of the molecule is O=[N+]([O-])c1ccc(Br)c(OCCC2OCCCO2)c1. The zero-order chi connectivity index (χ0) is 13.7. The zero-order valence-corrected chi connectivity index (χ0v) is 11.8.